The highest BCUT2D eigenvalue weighted by atomic mass is 19.4. The standard InChI is InChI=1S/C11H8F3N3O2/c12-11(13,14)9-3-1-8(2-4-9)6-16-7-10(5-15-16)17(18)19/h1-5,7H,6H2. The lowest BCUT2D eigenvalue weighted by Crippen LogP contribution is -2.05. The average Bonchev–Trinajstić information content (AvgIpc) is 2.77. The predicted molar refractivity (Wildman–Crippen MR) is 59.4 cm³/mol. The molecule has 0 aliphatic carbocycles. The first-order valence-corrected chi connectivity index (χ1v) is 5.19. The molecule has 0 unspecified atom stereocenters. The molecule has 0 spiro atoms. The molecule has 8 heteroatoms. The summed E-state index contributed by atoms with van der Waals surface area (Å²) in [4.78, 5) is 9.86. The van der Waals surface area contributed by atoms with Gasteiger partial charge in [0.1, 0.15) is 12.4 Å². The van der Waals surface area contributed by atoms with Gasteiger partial charge < -0.3 is 0 Å². The average molecular weight is 271 g/mol. The molecule has 0 amide bonds. The molecule has 0 aliphatic heterocycles. The van der Waals surface area contributed by atoms with Crippen molar-refractivity contribution in [1.82, 2.24) is 9.78 Å². The van der Waals surface area contributed by atoms with Gasteiger partial charge in [0.25, 0.3) is 0 Å². The molecule has 0 radical (unpaired) electrons. The maximum absolute atomic E-state index is 12.3. The zero-order valence-electron chi connectivity index (χ0n) is 9.46. The molecule has 5 nitrogen and oxygen atoms in total. The van der Waals surface area contributed by atoms with E-state index in [2.05, 4.69) is 5.10 Å². The largest absolute Gasteiger partial charge is 0.416 e. The molecule has 19 heavy (non-hydrogen) atoms. The Labute approximate surface area is 105 Å². The summed E-state index contributed by atoms with van der Waals surface area (Å²) in [6.07, 6.45) is -2.06. The van der Waals surface area contributed by atoms with Crippen molar-refractivity contribution in [2.75, 3.05) is 0 Å². The fourth-order valence-corrected chi connectivity index (χ4v) is 1.52. The lowest BCUT2D eigenvalue weighted by Gasteiger charge is -2.07. The van der Waals surface area contributed by atoms with E-state index >= 15 is 0 Å². The fraction of sp³-hybridized carbons (Fsp3) is 0.182. The zero-order chi connectivity index (χ0) is 14.0. The molecule has 0 fully saturated rings. The normalized spacial score (nSPS) is 11.5. The number of benzene rings is 1. The van der Waals surface area contributed by atoms with E-state index in [0.717, 1.165) is 18.3 Å². The van der Waals surface area contributed by atoms with E-state index in [1.54, 1.807) is 0 Å². The van der Waals surface area contributed by atoms with Crippen molar-refractivity contribution in [3.05, 3.63) is 57.9 Å². The minimum Gasteiger partial charge on any atom is -0.261 e. The number of alkyl halides is 3. The fourth-order valence-electron chi connectivity index (χ4n) is 1.52. The summed E-state index contributed by atoms with van der Waals surface area (Å²) in [7, 11) is 0. The molecule has 0 saturated carbocycles. The van der Waals surface area contributed by atoms with Crippen LogP contribution in [0.1, 0.15) is 11.1 Å². The van der Waals surface area contributed by atoms with Crippen LogP contribution in [0.5, 0.6) is 0 Å². The maximum atomic E-state index is 12.3. The third-order valence-corrected chi connectivity index (χ3v) is 2.46. The van der Waals surface area contributed by atoms with E-state index in [1.165, 1.54) is 23.0 Å². The van der Waals surface area contributed by atoms with E-state index in [1.807, 2.05) is 0 Å². The summed E-state index contributed by atoms with van der Waals surface area (Å²) >= 11 is 0. The number of nitro groups is 1. The smallest absolute Gasteiger partial charge is 0.261 e. The number of hydrogen-bond acceptors (Lipinski definition) is 3. The van der Waals surface area contributed by atoms with Gasteiger partial charge in [-0.15, -0.1) is 0 Å². The summed E-state index contributed by atoms with van der Waals surface area (Å²) in [5.41, 5.74) is -0.319. The van der Waals surface area contributed by atoms with Crippen LogP contribution in [-0.4, -0.2) is 14.7 Å². The number of rotatable bonds is 3. The van der Waals surface area contributed by atoms with Crippen LogP contribution in [-0.2, 0) is 12.7 Å². The van der Waals surface area contributed by atoms with E-state index in [9.17, 15) is 23.3 Å². The first-order chi connectivity index (χ1) is 8.86. The van der Waals surface area contributed by atoms with Gasteiger partial charge in [0.05, 0.1) is 17.0 Å². The van der Waals surface area contributed by atoms with Gasteiger partial charge >= 0.3 is 11.9 Å². The van der Waals surface area contributed by atoms with Gasteiger partial charge in [-0.3, -0.25) is 14.8 Å². The number of nitrogens with zero attached hydrogens (tertiary/aromatic N) is 3. The van der Waals surface area contributed by atoms with Crippen LogP contribution in [0.3, 0.4) is 0 Å². The first kappa shape index (κ1) is 13.1. The van der Waals surface area contributed by atoms with Crippen LogP contribution in [0.4, 0.5) is 18.9 Å². The van der Waals surface area contributed by atoms with Crippen LogP contribution in [0, 0.1) is 10.1 Å². The van der Waals surface area contributed by atoms with Gasteiger partial charge in [0.2, 0.25) is 0 Å². The Morgan fingerprint density at radius 3 is 2.37 bits per heavy atom. The van der Waals surface area contributed by atoms with Crippen molar-refractivity contribution < 1.29 is 18.1 Å². The van der Waals surface area contributed by atoms with Gasteiger partial charge in [-0.25, -0.2) is 0 Å². The van der Waals surface area contributed by atoms with Crippen molar-refractivity contribution in [3.8, 4) is 0 Å². The predicted octanol–water partition coefficient (Wildman–Crippen LogP) is 2.86. The highest BCUT2D eigenvalue weighted by Gasteiger charge is 2.29. The maximum Gasteiger partial charge on any atom is 0.416 e. The van der Waals surface area contributed by atoms with Crippen LogP contribution >= 0.6 is 0 Å². The molecule has 1 aromatic carbocycles. The number of hydrogen-bond donors (Lipinski definition) is 0. The number of aromatic nitrogens is 2. The van der Waals surface area contributed by atoms with E-state index < -0.39 is 16.7 Å². The highest BCUT2D eigenvalue weighted by Crippen LogP contribution is 2.29. The topological polar surface area (TPSA) is 61.0 Å². The summed E-state index contributed by atoms with van der Waals surface area (Å²) in [6, 6.07) is 4.56. The molecule has 1 aromatic heterocycles. The van der Waals surface area contributed by atoms with Gasteiger partial charge in [-0.2, -0.15) is 18.3 Å². The third-order valence-electron chi connectivity index (χ3n) is 2.46. The van der Waals surface area contributed by atoms with Crippen molar-refractivity contribution in [1.29, 1.82) is 0 Å². The Balaban J connectivity index is 2.13. The number of halogens is 3. The van der Waals surface area contributed by atoms with Crippen molar-refractivity contribution in [2.45, 2.75) is 12.7 Å². The molecule has 0 aliphatic rings. The van der Waals surface area contributed by atoms with Gasteiger partial charge in [-0.05, 0) is 17.7 Å². The van der Waals surface area contributed by atoms with Gasteiger partial charge in [-0.1, -0.05) is 12.1 Å². The van der Waals surface area contributed by atoms with Gasteiger partial charge in [0, 0.05) is 0 Å². The second-order valence-corrected chi connectivity index (χ2v) is 3.85. The van der Waals surface area contributed by atoms with Crippen LogP contribution in [0.15, 0.2) is 36.7 Å². The van der Waals surface area contributed by atoms with Gasteiger partial charge in [0.15, 0.2) is 0 Å². The quantitative estimate of drug-likeness (QED) is 0.637. The summed E-state index contributed by atoms with van der Waals surface area (Å²) in [6.45, 7) is 0.173. The Hall–Kier alpha value is -2.38. The van der Waals surface area contributed by atoms with Crippen molar-refractivity contribution in [3.63, 3.8) is 0 Å². The highest BCUT2D eigenvalue weighted by molar-refractivity contribution is 5.26. The molecule has 2 rings (SSSR count). The van der Waals surface area contributed by atoms with E-state index in [4.69, 9.17) is 0 Å². The molecule has 0 atom stereocenters. The van der Waals surface area contributed by atoms with Crippen LogP contribution in [0.25, 0.3) is 0 Å². The van der Waals surface area contributed by atoms with E-state index in [-0.39, 0.29) is 12.2 Å². The Bertz CT molecular complexity index is 590. The monoisotopic (exact) mass is 271 g/mol. The first-order valence-electron chi connectivity index (χ1n) is 5.19. The second-order valence-electron chi connectivity index (χ2n) is 3.85. The molecule has 2 aromatic rings. The molecular formula is C11H8F3N3O2. The summed E-state index contributed by atoms with van der Waals surface area (Å²) < 4.78 is 38.3. The van der Waals surface area contributed by atoms with Crippen molar-refractivity contribution in [2.24, 2.45) is 0 Å². The Kier molecular flexibility index (Phi) is 3.24. The van der Waals surface area contributed by atoms with E-state index in [0.29, 0.717) is 5.56 Å². The molecule has 0 saturated heterocycles. The minimum absolute atomic E-state index is 0.160. The molecule has 100 valence electrons. The third kappa shape index (κ3) is 3.09. The molecule has 0 N–H and O–H groups in total. The SMILES string of the molecule is O=[N+]([O-])c1cnn(Cc2ccc(C(F)(F)F)cc2)c1. The summed E-state index contributed by atoms with van der Waals surface area (Å²) in [5.74, 6) is 0. The molecular weight excluding hydrogens is 263 g/mol. The lowest BCUT2D eigenvalue weighted by atomic mass is 10.1. The van der Waals surface area contributed by atoms with Crippen LogP contribution in [0.2, 0.25) is 0 Å². The zero-order valence-corrected chi connectivity index (χ0v) is 9.46. The summed E-state index contributed by atoms with van der Waals surface area (Å²) in [5, 5.41) is 14.2. The van der Waals surface area contributed by atoms with Crippen LogP contribution < -0.4 is 0 Å². The lowest BCUT2D eigenvalue weighted by molar-refractivity contribution is -0.385. The van der Waals surface area contributed by atoms with Crippen molar-refractivity contribution >= 4 is 5.69 Å². The Morgan fingerprint density at radius 2 is 1.89 bits per heavy atom. The minimum atomic E-state index is -4.37. The second kappa shape index (κ2) is 4.71. The molecule has 0 bridgehead atoms. The molecule has 1 heterocycles. The Morgan fingerprint density at radius 1 is 1.26 bits per heavy atom.